The van der Waals surface area contributed by atoms with E-state index in [9.17, 15) is 9.59 Å². The molecule has 0 bridgehead atoms. The number of carbonyl (C=O) groups excluding carboxylic acids is 2. The first-order valence-electron chi connectivity index (χ1n) is 13.2. The summed E-state index contributed by atoms with van der Waals surface area (Å²) in [4.78, 5) is 28.1. The van der Waals surface area contributed by atoms with Crippen LogP contribution in [0.5, 0.6) is 5.75 Å². The molecule has 1 N–H and O–H groups in total. The minimum Gasteiger partial charge on any atom is -0.497 e. The number of para-hydroxylation sites is 1. The van der Waals surface area contributed by atoms with Gasteiger partial charge in [0.1, 0.15) is 11.6 Å². The zero-order valence-corrected chi connectivity index (χ0v) is 22.9. The molecule has 9 heteroatoms. The highest BCUT2D eigenvalue weighted by molar-refractivity contribution is 5.94. The maximum absolute atomic E-state index is 14.2. The van der Waals surface area contributed by atoms with Crippen LogP contribution in [0.2, 0.25) is 0 Å². The van der Waals surface area contributed by atoms with E-state index in [1.165, 1.54) is 7.11 Å². The first-order chi connectivity index (χ1) is 20.0. The lowest BCUT2D eigenvalue weighted by molar-refractivity contribution is 0.0600. The van der Waals surface area contributed by atoms with E-state index in [0.29, 0.717) is 23.5 Å². The van der Waals surface area contributed by atoms with Crippen LogP contribution in [-0.2, 0) is 11.3 Å². The Hall–Kier alpha value is -5.31. The van der Waals surface area contributed by atoms with Crippen LogP contribution in [0.25, 0.3) is 11.5 Å². The van der Waals surface area contributed by atoms with Crippen LogP contribution in [0.4, 0.5) is 10.5 Å². The van der Waals surface area contributed by atoms with Gasteiger partial charge in [-0.1, -0.05) is 36.4 Å². The van der Waals surface area contributed by atoms with Crippen molar-refractivity contribution in [3.05, 3.63) is 125 Å². The fraction of sp³-hybridized carbons (Fsp3) is 0.156. The largest absolute Gasteiger partial charge is 0.497 e. The number of esters is 1. The van der Waals surface area contributed by atoms with Crippen LogP contribution >= 0.6 is 0 Å². The molecule has 3 aromatic carbocycles. The number of amides is 2. The molecule has 41 heavy (non-hydrogen) atoms. The Morgan fingerprint density at radius 3 is 2.51 bits per heavy atom. The minimum absolute atomic E-state index is 0.292. The molecule has 1 atom stereocenters. The van der Waals surface area contributed by atoms with Gasteiger partial charge in [0, 0.05) is 17.4 Å². The van der Waals surface area contributed by atoms with Crippen molar-refractivity contribution in [1.29, 1.82) is 0 Å². The Morgan fingerprint density at radius 1 is 0.927 bits per heavy atom. The highest BCUT2D eigenvalue weighted by atomic mass is 16.5. The number of rotatable bonds is 5. The summed E-state index contributed by atoms with van der Waals surface area (Å²) in [6.07, 6.45) is 2.00. The molecule has 1 unspecified atom stereocenters. The molecule has 206 valence electrons. The average Bonchev–Trinajstić information content (AvgIpc) is 3.57. The van der Waals surface area contributed by atoms with Gasteiger partial charge < -0.3 is 24.3 Å². The second kappa shape index (κ2) is 10.7. The number of nitrogens with one attached hydrogen (secondary N) is 1. The van der Waals surface area contributed by atoms with Gasteiger partial charge in [0.25, 0.3) is 0 Å². The fourth-order valence-electron chi connectivity index (χ4n) is 5.35. The molecule has 0 spiro atoms. The van der Waals surface area contributed by atoms with E-state index in [-0.39, 0.29) is 6.03 Å². The first kappa shape index (κ1) is 25.9. The molecular formula is C32H29N5O4. The highest BCUT2D eigenvalue weighted by Gasteiger charge is 2.36. The summed E-state index contributed by atoms with van der Waals surface area (Å²) in [6, 6.07) is 27.6. The predicted octanol–water partition coefficient (Wildman–Crippen LogP) is 5.90. The van der Waals surface area contributed by atoms with Crippen LogP contribution < -0.4 is 10.1 Å². The smallest absolute Gasteiger partial charge is 0.337 e. The first-order valence-corrected chi connectivity index (χ1v) is 13.2. The molecule has 0 saturated carbocycles. The van der Waals surface area contributed by atoms with Gasteiger partial charge in [0.2, 0.25) is 0 Å². The number of urea groups is 1. The number of hydrogen-bond donors (Lipinski definition) is 1. The SMILES string of the molecule is COC(=O)c1cccc(NC(=O)N2Cc3c(C)nn(-c4ccccc4)c3-n3cccc3C2c2cccc(OC)c2)c1. The van der Waals surface area contributed by atoms with Gasteiger partial charge in [-0.2, -0.15) is 5.10 Å². The summed E-state index contributed by atoms with van der Waals surface area (Å²) in [6.45, 7) is 2.25. The van der Waals surface area contributed by atoms with Crippen LogP contribution in [0.3, 0.4) is 0 Å². The Kier molecular flexibility index (Phi) is 6.76. The lowest BCUT2D eigenvalue weighted by Crippen LogP contribution is -2.38. The van der Waals surface area contributed by atoms with Crippen LogP contribution in [0.1, 0.15) is 38.9 Å². The van der Waals surface area contributed by atoms with Crippen molar-refractivity contribution >= 4 is 17.7 Å². The normalized spacial score (nSPS) is 14.0. The Morgan fingerprint density at radius 2 is 1.73 bits per heavy atom. The van der Waals surface area contributed by atoms with Crippen LogP contribution in [0.15, 0.2) is 97.2 Å². The van der Waals surface area contributed by atoms with Gasteiger partial charge in [-0.05, 0) is 67.1 Å². The number of fused-ring (bicyclic) bond motifs is 3. The third-order valence-corrected chi connectivity index (χ3v) is 7.29. The lowest BCUT2D eigenvalue weighted by atomic mass is 10.0. The molecule has 0 radical (unpaired) electrons. The van der Waals surface area contributed by atoms with E-state index in [0.717, 1.165) is 34.0 Å². The van der Waals surface area contributed by atoms with E-state index < -0.39 is 12.0 Å². The number of benzene rings is 3. The van der Waals surface area contributed by atoms with E-state index >= 15 is 0 Å². The number of methoxy groups -OCH3 is 2. The predicted molar refractivity (Wildman–Crippen MR) is 155 cm³/mol. The minimum atomic E-state index is -0.475. The van der Waals surface area contributed by atoms with Gasteiger partial charge in [-0.25, -0.2) is 14.3 Å². The topological polar surface area (TPSA) is 90.6 Å². The Labute approximate surface area is 237 Å². The molecule has 0 aliphatic carbocycles. The van der Waals surface area contributed by atoms with Crippen molar-refractivity contribution in [1.82, 2.24) is 19.2 Å². The lowest BCUT2D eigenvalue weighted by Gasteiger charge is -2.31. The fourth-order valence-corrected chi connectivity index (χ4v) is 5.35. The number of carbonyl (C=O) groups is 2. The molecule has 1 aliphatic heterocycles. The number of aromatic nitrogens is 3. The molecule has 0 saturated heterocycles. The van der Waals surface area contributed by atoms with E-state index in [2.05, 4.69) is 9.88 Å². The summed E-state index contributed by atoms with van der Waals surface area (Å²) < 4.78 is 14.4. The molecule has 6 rings (SSSR count). The maximum Gasteiger partial charge on any atom is 0.337 e. The van der Waals surface area contributed by atoms with Crippen molar-refractivity contribution in [2.75, 3.05) is 19.5 Å². The third kappa shape index (κ3) is 4.71. The monoisotopic (exact) mass is 547 g/mol. The molecule has 1 aliphatic rings. The molecule has 9 nitrogen and oxygen atoms in total. The van der Waals surface area contributed by atoms with Gasteiger partial charge in [0.15, 0.2) is 0 Å². The molecule has 3 heterocycles. The van der Waals surface area contributed by atoms with Crippen LogP contribution in [-0.4, -0.2) is 45.5 Å². The second-order valence-electron chi connectivity index (χ2n) is 9.75. The molecule has 2 aromatic heterocycles. The number of anilines is 1. The highest BCUT2D eigenvalue weighted by Crippen LogP contribution is 2.39. The summed E-state index contributed by atoms with van der Waals surface area (Å²) in [5, 5.41) is 7.90. The molecule has 5 aromatic rings. The third-order valence-electron chi connectivity index (χ3n) is 7.29. The van der Waals surface area contributed by atoms with Crippen molar-refractivity contribution < 1.29 is 19.1 Å². The van der Waals surface area contributed by atoms with Gasteiger partial charge >= 0.3 is 12.0 Å². The van der Waals surface area contributed by atoms with E-state index in [4.69, 9.17) is 14.6 Å². The van der Waals surface area contributed by atoms with Crippen molar-refractivity contribution in [3.8, 4) is 17.3 Å². The Bertz CT molecular complexity index is 1740. The number of aryl methyl sites for hydroxylation is 1. The quantitative estimate of drug-likeness (QED) is 0.277. The van der Waals surface area contributed by atoms with Crippen molar-refractivity contribution in [2.45, 2.75) is 19.5 Å². The van der Waals surface area contributed by atoms with E-state index in [1.807, 2.05) is 84.5 Å². The van der Waals surface area contributed by atoms with Crippen LogP contribution in [0, 0.1) is 6.92 Å². The zero-order chi connectivity index (χ0) is 28.5. The van der Waals surface area contributed by atoms with Gasteiger partial charge in [-0.15, -0.1) is 0 Å². The standard InChI is InChI=1S/C32H29N5O4/c1-21-27-20-36(32(39)33-24-12-7-11-23(18-24)31(38)41-3)29(22-10-8-15-26(19-22)40-2)28-16-9-17-35(28)30(27)37(34-21)25-13-5-4-6-14-25/h4-19,29H,20H2,1-3H3,(H,33,39). The van der Waals surface area contributed by atoms with Crippen molar-refractivity contribution in [3.63, 3.8) is 0 Å². The molecular weight excluding hydrogens is 518 g/mol. The number of ether oxygens (including phenoxy) is 2. The molecule has 2 amide bonds. The van der Waals surface area contributed by atoms with Gasteiger partial charge in [-0.3, -0.25) is 0 Å². The van der Waals surface area contributed by atoms with E-state index in [1.54, 1.807) is 36.3 Å². The number of hydrogen-bond acceptors (Lipinski definition) is 5. The summed E-state index contributed by atoms with van der Waals surface area (Å²) in [5.41, 5.74) is 5.29. The Balaban J connectivity index is 1.50. The van der Waals surface area contributed by atoms with Gasteiger partial charge in [0.05, 0.1) is 49.4 Å². The van der Waals surface area contributed by atoms with Crippen molar-refractivity contribution in [2.24, 2.45) is 0 Å². The zero-order valence-electron chi connectivity index (χ0n) is 22.9. The summed E-state index contributed by atoms with van der Waals surface area (Å²) in [7, 11) is 2.95. The second-order valence-corrected chi connectivity index (χ2v) is 9.75. The number of nitrogens with zero attached hydrogens (tertiary/aromatic N) is 4. The average molecular weight is 548 g/mol. The maximum atomic E-state index is 14.2. The summed E-state index contributed by atoms with van der Waals surface area (Å²) >= 11 is 0. The molecule has 0 fully saturated rings. The summed E-state index contributed by atoms with van der Waals surface area (Å²) in [5.74, 6) is 1.10.